The number of carbonyl (C=O) groups excluding carboxylic acids is 1. The van der Waals surface area contributed by atoms with Gasteiger partial charge in [-0.2, -0.15) is 0 Å². The van der Waals surface area contributed by atoms with Crippen LogP contribution in [-0.2, 0) is 4.79 Å². The zero-order valence-corrected chi connectivity index (χ0v) is 14.0. The number of pyridine rings is 1. The van der Waals surface area contributed by atoms with E-state index in [1.165, 1.54) is 0 Å². The highest BCUT2D eigenvalue weighted by Crippen LogP contribution is 2.25. The molecule has 0 saturated heterocycles. The van der Waals surface area contributed by atoms with Crippen molar-refractivity contribution in [2.75, 3.05) is 14.1 Å². The van der Waals surface area contributed by atoms with E-state index in [4.69, 9.17) is 0 Å². The molecule has 0 radical (unpaired) electrons. The monoisotopic (exact) mass is 318 g/mol. The fourth-order valence-electron chi connectivity index (χ4n) is 2.34. The van der Waals surface area contributed by atoms with Crippen LogP contribution in [0, 0.1) is 0 Å². The van der Waals surface area contributed by atoms with Crippen molar-refractivity contribution in [1.29, 1.82) is 0 Å². The van der Waals surface area contributed by atoms with Gasteiger partial charge in [-0.25, -0.2) is 0 Å². The van der Waals surface area contributed by atoms with Crippen LogP contribution in [0.4, 0.5) is 0 Å². The summed E-state index contributed by atoms with van der Waals surface area (Å²) in [6, 6.07) is 25.5. The summed E-state index contributed by atoms with van der Waals surface area (Å²) in [5, 5.41) is 0. The lowest BCUT2D eigenvalue weighted by Gasteiger charge is -2.21. The Morgan fingerprint density at radius 1 is 0.750 bits per heavy atom. The van der Waals surface area contributed by atoms with Crippen LogP contribution in [0.25, 0.3) is 0 Å². The molecule has 3 heteroatoms. The molecule has 0 aliphatic heterocycles. The van der Waals surface area contributed by atoms with E-state index in [2.05, 4.69) is 4.98 Å². The lowest BCUT2D eigenvalue weighted by atomic mass is 9.90. The Labute approximate surface area is 143 Å². The van der Waals surface area contributed by atoms with Gasteiger partial charge in [0.15, 0.2) is 0 Å². The molecular weight excluding hydrogens is 296 g/mol. The first kappa shape index (κ1) is 17.4. The van der Waals surface area contributed by atoms with Gasteiger partial charge in [-0.3, -0.25) is 9.78 Å². The van der Waals surface area contributed by atoms with Gasteiger partial charge < -0.3 is 4.90 Å². The number of hydrogen-bond acceptors (Lipinski definition) is 2. The predicted molar refractivity (Wildman–Crippen MR) is 97.7 cm³/mol. The molecule has 0 aliphatic rings. The normalized spacial score (nSPS) is 9.79. The van der Waals surface area contributed by atoms with Crippen molar-refractivity contribution >= 4 is 5.91 Å². The molecule has 24 heavy (non-hydrogen) atoms. The Bertz CT molecular complexity index is 646. The molecule has 0 atom stereocenters. The summed E-state index contributed by atoms with van der Waals surface area (Å²) in [4.78, 5) is 17.8. The molecule has 0 bridgehead atoms. The molecule has 1 aromatic heterocycles. The SMILES string of the molecule is CN(C)C(=O)C(c1ccccc1)c1ccccc1.c1ccncc1. The fourth-order valence-corrected chi connectivity index (χ4v) is 2.34. The number of hydrogen-bond donors (Lipinski definition) is 0. The van der Waals surface area contributed by atoms with Crippen molar-refractivity contribution in [3.05, 3.63) is 102 Å². The van der Waals surface area contributed by atoms with Gasteiger partial charge >= 0.3 is 0 Å². The van der Waals surface area contributed by atoms with Gasteiger partial charge in [0.2, 0.25) is 5.91 Å². The topological polar surface area (TPSA) is 33.2 Å². The maximum absolute atomic E-state index is 12.4. The van der Waals surface area contributed by atoms with Crippen molar-refractivity contribution < 1.29 is 4.79 Å². The quantitative estimate of drug-likeness (QED) is 0.731. The lowest BCUT2D eigenvalue weighted by molar-refractivity contribution is -0.129. The molecule has 2 aromatic carbocycles. The smallest absolute Gasteiger partial charge is 0.234 e. The summed E-state index contributed by atoms with van der Waals surface area (Å²) in [6.07, 6.45) is 3.50. The van der Waals surface area contributed by atoms with E-state index in [0.29, 0.717) is 0 Å². The number of aromatic nitrogens is 1. The van der Waals surface area contributed by atoms with Gasteiger partial charge in [0.05, 0.1) is 5.92 Å². The Hall–Kier alpha value is -2.94. The minimum Gasteiger partial charge on any atom is -0.348 e. The van der Waals surface area contributed by atoms with Crippen molar-refractivity contribution in [3.63, 3.8) is 0 Å². The Balaban J connectivity index is 0.000000292. The summed E-state index contributed by atoms with van der Waals surface area (Å²) in [5.74, 6) is -0.116. The van der Waals surface area contributed by atoms with E-state index in [0.717, 1.165) is 11.1 Å². The second-order valence-electron chi connectivity index (χ2n) is 5.51. The van der Waals surface area contributed by atoms with Gasteiger partial charge in [-0.15, -0.1) is 0 Å². The van der Waals surface area contributed by atoms with Crippen LogP contribution >= 0.6 is 0 Å². The minimum absolute atomic E-state index is 0.104. The Kier molecular flexibility index (Phi) is 6.72. The highest BCUT2D eigenvalue weighted by molar-refractivity contribution is 5.86. The number of nitrogens with zero attached hydrogens (tertiary/aromatic N) is 2. The second kappa shape index (κ2) is 9.26. The molecule has 1 amide bonds. The summed E-state index contributed by atoms with van der Waals surface area (Å²) in [6.45, 7) is 0. The predicted octanol–water partition coefficient (Wildman–Crippen LogP) is 3.99. The van der Waals surface area contributed by atoms with Gasteiger partial charge in [-0.05, 0) is 23.3 Å². The first-order valence-electron chi connectivity index (χ1n) is 7.86. The second-order valence-corrected chi connectivity index (χ2v) is 5.51. The standard InChI is InChI=1S/C16H17NO.C5H5N/c1-17(2)16(18)15(13-9-5-3-6-10-13)14-11-7-4-8-12-14;1-2-4-6-5-3-1/h3-12,15H,1-2H3;1-5H. The van der Waals surface area contributed by atoms with Crippen molar-refractivity contribution in [2.45, 2.75) is 5.92 Å². The van der Waals surface area contributed by atoms with E-state index in [9.17, 15) is 4.79 Å². The van der Waals surface area contributed by atoms with Crippen molar-refractivity contribution in [1.82, 2.24) is 9.88 Å². The molecule has 0 unspecified atom stereocenters. The van der Waals surface area contributed by atoms with Crippen LogP contribution in [0.2, 0.25) is 0 Å². The van der Waals surface area contributed by atoms with E-state index in [1.54, 1.807) is 31.4 Å². The average Bonchev–Trinajstić information content (AvgIpc) is 2.65. The number of benzene rings is 2. The molecule has 1 heterocycles. The Morgan fingerprint density at radius 3 is 1.46 bits per heavy atom. The van der Waals surface area contributed by atoms with Crippen molar-refractivity contribution in [2.24, 2.45) is 0 Å². The molecule has 0 fully saturated rings. The van der Waals surface area contributed by atoms with Crippen LogP contribution in [-0.4, -0.2) is 29.9 Å². The van der Waals surface area contributed by atoms with Crippen LogP contribution in [0.15, 0.2) is 91.3 Å². The zero-order chi connectivity index (χ0) is 17.2. The first-order chi connectivity index (χ1) is 11.7. The molecular formula is C21H22N2O. The molecule has 0 N–H and O–H groups in total. The summed E-state index contributed by atoms with van der Waals surface area (Å²) in [5.41, 5.74) is 2.06. The van der Waals surface area contributed by atoms with Crippen LogP contribution < -0.4 is 0 Å². The van der Waals surface area contributed by atoms with E-state index in [-0.39, 0.29) is 11.8 Å². The first-order valence-corrected chi connectivity index (χ1v) is 7.86. The largest absolute Gasteiger partial charge is 0.348 e. The highest BCUT2D eigenvalue weighted by Gasteiger charge is 2.23. The fraction of sp³-hybridized carbons (Fsp3) is 0.143. The summed E-state index contributed by atoms with van der Waals surface area (Å²) in [7, 11) is 3.59. The third-order valence-electron chi connectivity index (χ3n) is 3.52. The third-order valence-corrected chi connectivity index (χ3v) is 3.52. The maximum atomic E-state index is 12.4. The molecule has 122 valence electrons. The maximum Gasteiger partial charge on any atom is 0.234 e. The molecule has 0 saturated carbocycles. The molecule has 3 rings (SSSR count). The summed E-state index contributed by atoms with van der Waals surface area (Å²) < 4.78 is 0. The number of rotatable bonds is 3. The van der Waals surface area contributed by atoms with E-state index < -0.39 is 0 Å². The Morgan fingerprint density at radius 2 is 1.17 bits per heavy atom. The van der Waals surface area contributed by atoms with Gasteiger partial charge in [0.1, 0.15) is 0 Å². The van der Waals surface area contributed by atoms with Crippen LogP contribution in [0.5, 0.6) is 0 Å². The molecule has 3 aromatic rings. The van der Waals surface area contributed by atoms with Crippen molar-refractivity contribution in [3.8, 4) is 0 Å². The number of carbonyl (C=O) groups is 1. The molecule has 3 nitrogen and oxygen atoms in total. The lowest BCUT2D eigenvalue weighted by Crippen LogP contribution is -2.28. The summed E-state index contributed by atoms with van der Waals surface area (Å²) >= 11 is 0. The highest BCUT2D eigenvalue weighted by atomic mass is 16.2. The van der Waals surface area contributed by atoms with Gasteiger partial charge in [0.25, 0.3) is 0 Å². The van der Waals surface area contributed by atoms with Gasteiger partial charge in [-0.1, -0.05) is 66.7 Å². The molecule has 0 spiro atoms. The van der Waals surface area contributed by atoms with E-state index >= 15 is 0 Å². The van der Waals surface area contributed by atoms with E-state index in [1.807, 2.05) is 78.9 Å². The zero-order valence-electron chi connectivity index (χ0n) is 14.0. The number of likely N-dealkylation sites (N-methyl/N-ethyl adjacent to an activating group) is 1. The molecule has 0 aliphatic carbocycles. The van der Waals surface area contributed by atoms with Crippen LogP contribution in [0.1, 0.15) is 17.0 Å². The number of amides is 1. The van der Waals surface area contributed by atoms with Gasteiger partial charge in [0, 0.05) is 26.5 Å². The average molecular weight is 318 g/mol. The minimum atomic E-state index is -0.220. The van der Waals surface area contributed by atoms with Crippen LogP contribution in [0.3, 0.4) is 0 Å². The third kappa shape index (κ3) is 5.06.